The van der Waals surface area contributed by atoms with Crippen LogP contribution in [-0.4, -0.2) is 46.6 Å². The van der Waals surface area contributed by atoms with Crippen molar-refractivity contribution < 1.29 is 17.9 Å². The van der Waals surface area contributed by atoms with Crippen molar-refractivity contribution in [2.75, 3.05) is 12.4 Å². The molecule has 1 aromatic carbocycles. The van der Waals surface area contributed by atoms with Crippen LogP contribution < -0.4 is 10.1 Å². The summed E-state index contributed by atoms with van der Waals surface area (Å²) in [6, 6.07) is 7.18. The van der Waals surface area contributed by atoms with E-state index in [2.05, 4.69) is 20.5 Å². The van der Waals surface area contributed by atoms with Gasteiger partial charge in [0.2, 0.25) is 11.9 Å². The highest BCUT2D eigenvalue weighted by molar-refractivity contribution is 7.94. The Labute approximate surface area is 158 Å². The molecule has 1 amide bonds. The number of carbonyl (C=O) groups excluding carboxylic acids is 1. The predicted molar refractivity (Wildman–Crippen MR) is 102 cm³/mol. The predicted octanol–water partition coefficient (Wildman–Crippen LogP) is 2.55. The van der Waals surface area contributed by atoms with Crippen LogP contribution in [0.3, 0.4) is 0 Å². The molecule has 27 heavy (non-hydrogen) atoms. The minimum absolute atomic E-state index is 0.112. The Morgan fingerprint density at radius 3 is 2.41 bits per heavy atom. The summed E-state index contributed by atoms with van der Waals surface area (Å²) in [5.41, 5.74) is 0.765. The number of benzene rings is 1. The quantitative estimate of drug-likeness (QED) is 0.781. The Bertz CT molecular complexity index is 913. The van der Waals surface area contributed by atoms with Crippen LogP contribution in [0.1, 0.15) is 39.5 Å². The largest absolute Gasteiger partial charge is 0.497 e. The Kier molecular flexibility index (Phi) is 5.23. The molecule has 0 aliphatic heterocycles. The van der Waals surface area contributed by atoms with Crippen molar-refractivity contribution in [2.24, 2.45) is 0 Å². The molecule has 1 aliphatic rings. The van der Waals surface area contributed by atoms with Crippen LogP contribution in [0.2, 0.25) is 0 Å². The van der Waals surface area contributed by atoms with Gasteiger partial charge in [0.25, 0.3) is 0 Å². The number of anilines is 1. The van der Waals surface area contributed by atoms with E-state index < -0.39 is 25.7 Å². The summed E-state index contributed by atoms with van der Waals surface area (Å²) in [5.74, 6) is 0.669. The van der Waals surface area contributed by atoms with Gasteiger partial charge in [-0.15, -0.1) is 10.2 Å². The molecule has 0 atom stereocenters. The van der Waals surface area contributed by atoms with Crippen LogP contribution in [0.25, 0.3) is 11.4 Å². The first-order chi connectivity index (χ1) is 12.8. The number of amides is 1. The van der Waals surface area contributed by atoms with Crippen LogP contribution >= 0.6 is 0 Å². The molecule has 1 heterocycles. The summed E-state index contributed by atoms with van der Waals surface area (Å²) in [6.45, 7) is 2.88. The molecule has 1 saturated carbocycles. The summed E-state index contributed by atoms with van der Waals surface area (Å²) in [6.07, 6.45) is 3.00. The number of nitrogens with zero attached hydrogens (tertiary/aromatic N) is 2. The van der Waals surface area contributed by atoms with Gasteiger partial charge in [0, 0.05) is 5.56 Å². The van der Waals surface area contributed by atoms with Crippen molar-refractivity contribution in [3.8, 4) is 17.1 Å². The monoisotopic (exact) mass is 392 g/mol. The fourth-order valence-electron chi connectivity index (χ4n) is 3.20. The second kappa shape index (κ2) is 7.30. The third kappa shape index (κ3) is 3.69. The van der Waals surface area contributed by atoms with Gasteiger partial charge in [0.15, 0.2) is 15.7 Å². The SMILES string of the molecule is COc1ccc(-c2nnc(NC(=O)C(C)(C)S(=O)(=O)C3CCCC3)[nH]2)cc1. The van der Waals surface area contributed by atoms with E-state index in [1.807, 2.05) is 0 Å². The van der Waals surface area contributed by atoms with Gasteiger partial charge in [-0.2, -0.15) is 0 Å². The Balaban J connectivity index is 1.74. The maximum atomic E-state index is 12.9. The number of aromatic nitrogens is 3. The minimum atomic E-state index is -3.60. The van der Waals surface area contributed by atoms with E-state index in [0.717, 1.165) is 18.4 Å². The lowest BCUT2D eigenvalue weighted by molar-refractivity contribution is -0.117. The standard InChI is InChI=1S/C18H24N4O4S/c1-18(2,27(24,25)14-6-4-5-7-14)16(23)20-17-19-15(21-22-17)12-8-10-13(26-3)11-9-12/h8-11,14H,4-7H2,1-3H3,(H2,19,20,21,22,23). The number of aromatic amines is 1. The first kappa shape index (κ1) is 19.3. The average Bonchev–Trinajstić information content (AvgIpc) is 3.34. The molecule has 9 heteroatoms. The summed E-state index contributed by atoms with van der Waals surface area (Å²) >= 11 is 0. The molecule has 2 aromatic rings. The molecule has 8 nitrogen and oxygen atoms in total. The lowest BCUT2D eigenvalue weighted by Crippen LogP contribution is -2.48. The number of rotatable bonds is 6. The summed E-state index contributed by atoms with van der Waals surface area (Å²) in [5, 5.41) is 10.0. The number of H-pyrrole nitrogens is 1. The van der Waals surface area contributed by atoms with Crippen molar-refractivity contribution >= 4 is 21.7 Å². The zero-order chi connectivity index (χ0) is 19.7. The summed E-state index contributed by atoms with van der Waals surface area (Å²) in [4.78, 5) is 15.6. The highest BCUT2D eigenvalue weighted by atomic mass is 32.2. The van der Waals surface area contributed by atoms with Crippen LogP contribution in [-0.2, 0) is 14.6 Å². The Hall–Kier alpha value is -2.42. The van der Waals surface area contributed by atoms with Crippen molar-refractivity contribution in [3.05, 3.63) is 24.3 Å². The molecular weight excluding hydrogens is 368 g/mol. The van der Waals surface area contributed by atoms with E-state index in [9.17, 15) is 13.2 Å². The molecule has 0 bridgehead atoms. The molecule has 0 spiro atoms. The maximum absolute atomic E-state index is 12.9. The van der Waals surface area contributed by atoms with Gasteiger partial charge < -0.3 is 9.72 Å². The first-order valence-corrected chi connectivity index (χ1v) is 10.4. The second-order valence-corrected chi connectivity index (χ2v) is 9.94. The van der Waals surface area contributed by atoms with E-state index in [1.54, 1.807) is 31.4 Å². The molecule has 0 saturated heterocycles. The topological polar surface area (TPSA) is 114 Å². The van der Waals surface area contributed by atoms with Crippen molar-refractivity contribution in [3.63, 3.8) is 0 Å². The lowest BCUT2D eigenvalue weighted by Gasteiger charge is -2.26. The fourth-order valence-corrected chi connectivity index (χ4v) is 5.30. The second-order valence-electron chi connectivity index (χ2n) is 7.17. The fraction of sp³-hybridized carbons (Fsp3) is 0.500. The zero-order valence-electron chi connectivity index (χ0n) is 15.7. The molecule has 1 aromatic heterocycles. The molecule has 0 unspecified atom stereocenters. The minimum Gasteiger partial charge on any atom is -0.497 e. The van der Waals surface area contributed by atoms with Gasteiger partial charge >= 0.3 is 0 Å². The van der Waals surface area contributed by atoms with Gasteiger partial charge in [-0.3, -0.25) is 10.1 Å². The number of methoxy groups -OCH3 is 1. The van der Waals surface area contributed by atoms with E-state index in [0.29, 0.717) is 24.4 Å². The highest BCUT2D eigenvalue weighted by Crippen LogP contribution is 2.33. The highest BCUT2D eigenvalue weighted by Gasteiger charge is 2.47. The number of sulfone groups is 1. The molecule has 2 N–H and O–H groups in total. The summed E-state index contributed by atoms with van der Waals surface area (Å²) < 4.78 is 29.3. The Morgan fingerprint density at radius 1 is 1.19 bits per heavy atom. The molecule has 1 fully saturated rings. The zero-order valence-corrected chi connectivity index (χ0v) is 16.5. The maximum Gasteiger partial charge on any atom is 0.247 e. The van der Waals surface area contributed by atoms with Crippen LogP contribution in [0.4, 0.5) is 5.95 Å². The molecule has 146 valence electrons. The first-order valence-electron chi connectivity index (χ1n) is 8.87. The summed E-state index contributed by atoms with van der Waals surface area (Å²) in [7, 11) is -2.02. The van der Waals surface area contributed by atoms with Gasteiger partial charge in [-0.05, 0) is 51.0 Å². The third-order valence-electron chi connectivity index (χ3n) is 5.08. The average molecular weight is 392 g/mol. The van der Waals surface area contributed by atoms with Gasteiger partial charge in [-0.1, -0.05) is 12.8 Å². The van der Waals surface area contributed by atoms with Crippen LogP contribution in [0.5, 0.6) is 5.75 Å². The van der Waals surface area contributed by atoms with Gasteiger partial charge in [0.05, 0.1) is 12.4 Å². The van der Waals surface area contributed by atoms with Gasteiger partial charge in [-0.25, -0.2) is 8.42 Å². The van der Waals surface area contributed by atoms with Gasteiger partial charge in [0.1, 0.15) is 10.5 Å². The van der Waals surface area contributed by atoms with E-state index in [4.69, 9.17) is 4.74 Å². The van der Waals surface area contributed by atoms with Crippen LogP contribution in [0.15, 0.2) is 24.3 Å². The molecule has 3 rings (SSSR count). The van der Waals surface area contributed by atoms with E-state index >= 15 is 0 Å². The molecular formula is C18H24N4O4S. The van der Waals surface area contributed by atoms with Crippen molar-refractivity contribution in [1.29, 1.82) is 0 Å². The van der Waals surface area contributed by atoms with Crippen LogP contribution in [0, 0.1) is 0 Å². The number of hydrogen-bond donors (Lipinski definition) is 2. The van der Waals surface area contributed by atoms with Crippen molar-refractivity contribution in [1.82, 2.24) is 15.2 Å². The molecule has 0 radical (unpaired) electrons. The molecule has 1 aliphatic carbocycles. The van der Waals surface area contributed by atoms with Crippen molar-refractivity contribution in [2.45, 2.75) is 49.5 Å². The number of hydrogen-bond acceptors (Lipinski definition) is 6. The Morgan fingerprint density at radius 2 is 1.81 bits per heavy atom. The normalized spacial score (nSPS) is 15.7. The number of nitrogens with one attached hydrogen (secondary N) is 2. The number of carbonyl (C=O) groups is 1. The van der Waals surface area contributed by atoms with E-state index in [-0.39, 0.29) is 5.95 Å². The lowest BCUT2D eigenvalue weighted by atomic mass is 10.2. The van der Waals surface area contributed by atoms with E-state index in [1.165, 1.54) is 13.8 Å². The third-order valence-corrected chi connectivity index (χ3v) is 8.04. The smallest absolute Gasteiger partial charge is 0.247 e. The number of ether oxygens (including phenoxy) is 1.